The third kappa shape index (κ3) is 4.28. The summed E-state index contributed by atoms with van der Waals surface area (Å²) in [4.78, 5) is 39.1. The molecule has 6 nitrogen and oxygen atoms in total. The van der Waals surface area contributed by atoms with Gasteiger partial charge in [-0.25, -0.2) is 0 Å². The van der Waals surface area contributed by atoms with Gasteiger partial charge in [0, 0.05) is 23.9 Å². The van der Waals surface area contributed by atoms with E-state index in [-0.39, 0.29) is 17.2 Å². The smallest absolute Gasteiger partial charge is 0.300 e. The second-order valence-electron chi connectivity index (χ2n) is 7.86. The van der Waals surface area contributed by atoms with Gasteiger partial charge in [0.1, 0.15) is 5.76 Å². The van der Waals surface area contributed by atoms with Gasteiger partial charge in [-0.3, -0.25) is 19.3 Å². The van der Waals surface area contributed by atoms with Crippen LogP contribution in [0.5, 0.6) is 0 Å². The van der Waals surface area contributed by atoms with E-state index in [0.29, 0.717) is 16.9 Å². The number of hydrogen-bond donors (Lipinski definition) is 2. The molecule has 1 unspecified atom stereocenters. The Labute approximate surface area is 192 Å². The van der Waals surface area contributed by atoms with Gasteiger partial charge in [0.05, 0.1) is 11.6 Å². The van der Waals surface area contributed by atoms with Crippen LogP contribution in [0.2, 0.25) is 0 Å². The molecular formula is C27H24N2O4. The van der Waals surface area contributed by atoms with Gasteiger partial charge in [0.25, 0.3) is 11.7 Å². The number of amides is 2. The lowest BCUT2D eigenvalue weighted by atomic mass is 9.94. The molecule has 1 atom stereocenters. The highest BCUT2D eigenvalue weighted by atomic mass is 16.3. The van der Waals surface area contributed by atoms with E-state index in [1.54, 1.807) is 48.5 Å². The van der Waals surface area contributed by atoms with E-state index >= 15 is 0 Å². The second-order valence-corrected chi connectivity index (χ2v) is 7.86. The number of hydrogen-bond acceptors (Lipinski definition) is 4. The third-order valence-electron chi connectivity index (χ3n) is 5.66. The van der Waals surface area contributed by atoms with Crippen LogP contribution in [0.1, 0.15) is 36.6 Å². The number of nitrogens with one attached hydrogen (secondary N) is 1. The molecule has 0 bridgehead atoms. The molecule has 33 heavy (non-hydrogen) atoms. The molecule has 0 aromatic heterocycles. The van der Waals surface area contributed by atoms with Crippen molar-refractivity contribution in [2.75, 3.05) is 10.2 Å². The van der Waals surface area contributed by atoms with E-state index in [2.05, 4.69) is 5.32 Å². The average Bonchev–Trinajstić information content (AvgIpc) is 3.10. The molecule has 2 amide bonds. The first-order valence-electron chi connectivity index (χ1n) is 10.7. The SMILES string of the molecule is CCc1ccc(C2/C(=C(\O)c3ccccc3)C(=O)C(=O)N2c2ccc(NC(C)=O)cc2)cc1. The molecule has 1 heterocycles. The van der Waals surface area contributed by atoms with Gasteiger partial charge in [0.2, 0.25) is 5.91 Å². The molecule has 0 aliphatic carbocycles. The topological polar surface area (TPSA) is 86.7 Å². The fraction of sp³-hybridized carbons (Fsp3) is 0.148. The van der Waals surface area contributed by atoms with E-state index in [0.717, 1.165) is 17.5 Å². The summed E-state index contributed by atoms with van der Waals surface area (Å²) >= 11 is 0. The van der Waals surface area contributed by atoms with Gasteiger partial charge < -0.3 is 10.4 Å². The molecule has 3 aromatic carbocycles. The van der Waals surface area contributed by atoms with Crippen molar-refractivity contribution >= 4 is 34.7 Å². The number of carbonyl (C=O) groups excluding carboxylic acids is 3. The molecule has 1 aliphatic rings. The molecule has 4 rings (SSSR count). The van der Waals surface area contributed by atoms with Crippen LogP contribution in [0.25, 0.3) is 5.76 Å². The maximum atomic E-state index is 13.2. The minimum atomic E-state index is -0.789. The van der Waals surface area contributed by atoms with Gasteiger partial charge >= 0.3 is 0 Å². The third-order valence-corrected chi connectivity index (χ3v) is 5.66. The van der Waals surface area contributed by atoms with Crippen LogP contribution < -0.4 is 10.2 Å². The summed E-state index contributed by atoms with van der Waals surface area (Å²) in [6.07, 6.45) is 0.856. The Kier molecular flexibility index (Phi) is 6.09. The molecule has 0 spiro atoms. The standard InChI is InChI=1S/C27H24N2O4/c1-3-18-9-11-19(12-10-18)24-23(25(31)20-7-5-4-6-8-20)26(32)27(33)29(24)22-15-13-21(14-16-22)28-17(2)30/h4-16,24,31H,3H2,1-2H3,(H,28,30)/b25-23+. The predicted molar refractivity (Wildman–Crippen MR) is 128 cm³/mol. The highest BCUT2D eigenvalue weighted by molar-refractivity contribution is 6.51. The Bertz CT molecular complexity index is 1230. The lowest BCUT2D eigenvalue weighted by Gasteiger charge is -2.26. The van der Waals surface area contributed by atoms with Gasteiger partial charge in [-0.05, 0) is 41.8 Å². The van der Waals surface area contributed by atoms with E-state index in [1.165, 1.54) is 11.8 Å². The van der Waals surface area contributed by atoms with Crippen molar-refractivity contribution in [1.29, 1.82) is 0 Å². The van der Waals surface area contributed by atoms with Gasteiger partial charge in [-0.1, -0.05) is 61.5 Å². The Morgan fingerprint density at radius 2 is 1.58 bits per heavy atom. The first-order valence-corrected chi connectivity index (χ1v) is 10.7. The summed E-state index contributed by atoms with van der Waals surface area (Å²) in [6.45, 7) is 3.46. The molecule has 6 heteroatoms. The van der Waals surface area contributed by atoms with Gasteiger partial charge in [-0.2, -0.15) is 0 Å². The van der Waals surface area contributed by atoms with Crippen molar-refractivity contribution < 1.29 is 19.5 Å². The van der Waals surface area contributed by atoms with Crippen molar-refractivity contribution in [2.45, 2.75) is 26.3 Å². The van der Waals surface area contributed by atoms with Gasteiger partial charge in [0.15, 0.2) is 0 Å². The highest BCUT2D eigenvalue weighted by Crippen LogP contribution is 2.42. The largest absolute Gasteiger partial charge is 0.507 e. The predicted octanol–water partition coefficient (Wildman–Crippen LogP) is 4.83. The quantitative estimate of drug-likeness (QED) is 0.338. The first kappa shape index (κ1) is 22.0. The van der Waals surface area contributed by atoms with E-state index in [9.17, 15) is 19.5 Å². The molecule has 1 aliphatic heterocycles. The molecule has 0 saturated carbocycles. The maximum absolute atomic E-state index is 13.2. The van der Waals surface area contributed by atoms with E-state index in [4.69, 9.17) is 0 Å². The number of aliphatic hydroxyl groups excluding tert-OH is 1. The molecular weight excluding hydrogens is 416 g/mol. The minimum absolute atomic E-state index is 0.0429. The Morgan fingerprint density at radius 1 is 0.939 bits per heavy atom. The number of anilines is 2. The zero-order valence-corrected chi connectivity index (χ0v) is 18.4. The minimum Gasteiger partial charge on any atom is -0.507 e. The number of ketones is 1. The number of nitrogens with zero attached hydrogens (tertiary/aromatic N) is 1. The fourth-order valence-corrected chi connectivity index (χ4v) is 4.01. The summed E-state index contributed by atoms with van der Waals surface area (Å²) in [5, 5.41) is 13.8. The lowest BCUT2D eigenvalue weighted by molar-refractivity contribution is -0.132. The van der Waals surface area contributed by atoms with Crippen molar-refractivity contribution in [2.24, 2.45) is 0 Å². The van der Waals surface area contributed by atoms with E-state index < -0.39 is 17.7 Å². The van der Waals surface area contributed by atoms with Crippen molar-refractivity contribution in [3.63, 3.8) is 0 Å². The second kappa shape index (κ2) is 9.12. The molecule has 3 aromatic rings. The number of rotatable bonds is 5. The van der Waals surface area contributed by atoms with Gasteiger partial charge in [-0.15, -0.1) is 0 Å². The first-order chi connectivity index (χ1) is 15.9. The Morgan fingerprint density at radius 3 is 2.15 bits per heavy atom. The van der Waals surface area contributed by atoms with Crippen LogP contribution >= 0.6 is 0 Å². The number of Topliss-reactive ketones (excluding diaryl/α,β-unsaturated/α-hetero) is 1. The number of aryl methyl sites for hydroxylation is 1. The molecule has 1 fully saturated rings. The number of benzene rings is 3. The Balaban J connectivity index is 1.86. The number of aliphatic hydroxyl groups is 1. The molecule has 1 saturated heterocycles. The Hall–Kier alpha value is -4.19. The molecule has 0 radical (unpaired) electrons. The summed E-state index contributed by atoms with van der Waals surface area (Å²) in [7, 11) is 0. The van der Waals surface area contributed by atoms with Crippen LogP contribution in [-0.4, -0.2) is 22.7 Å². The average molecular weight is 440 g/mol. The normalized spacial score (nSPS) is 17.3. The molecule has 166 valence electrons. The molecule has 2 N–H and O–H groups in total. The lowest BCUT2D eigenvalue weighted by Crippen LogP contribution is -2.29. The van der Waals surface area contributed by atoms with Crippen molar-refractivity contribution in [1.82, 2.24) is 0 Å². The van der Waals surface area contributed by atoms with Crippen LogP contribution in [-0.2, 0) is 20.8 Å². The van der Waals surface area contributed by atoms with Crippen LogP contribution in [0.15, 0.2) is 84.4 Å². The monoisotopic (exact) mass is 440 g/mol. The highest BCUT2D eigenvalue weighted by Gasteiger charge is 2.46. The van der Waals surface area contributed by atoms with E-state index in [1.807, 2.05) is 37.3 Å². The van der Waals surface area contributed by atoms with Crippen LogP contribution in [0.4, 0.5) is 11.4 Å². The fourth-order valence-electron chi connectivity index (χ4n) is 4.01. The van der Waals surface area contributed by atoms with Crippen LogP contribution in [0, 0.1) is 0 Å². The zero-order chi connectivity index (χ0) is 23.5. The van der Waals surface area contributed by atoms with Crippen molar-refractivity contribution in [3.8, 4) is 0 Å². The summed E-state index contributed by atoms with van der Waals surface area (Å²) in [5.41, 5.74) is 3.42. The number of carbonyl (C=O) groups is 3. The van der Waals surface area contributed by atoms with Crippen molar-refractivity contribution in [3.05, 3.63) is 101 Å². The zero-order valence-electron chi connectivity index (χ0n) is 18.4. The summed E-state index contributed by atoms with van der Waals surface area (Å²) in [5.74, 6) is -1.88. The van der Waals surface area contributed by atoms with Crippen LogP contribution in [0.3, 0.4) is 0 Å². The maximum Gasteiger partial charge on any atom is 0.300 e. The summed E-state index contributed by atoms with van der Waals surface area (Å²) in [6, 6.07) is 22.3. The summed E-state index contributed by atoms with van der Waals surface area (Å²) < 4.78 is 0.